The highest BCUT2D eigenvalue weighted by Crippen LogP contribution is 2.30. The van der Waals surface area contributed by atoms with Crippen LogP contribution < -0.4 is 11.1 Å². The Kier molecular flexibility index (Phi) is 6.60. The van der Waals surface area contributed by atoms with Crippen molar-refractivity contribution in [3.63, 3.8) is 0 Å². The van der Waals surface area contributed by atoms with Crippen LogP contribution in [0.2, 0.25) is 0 Å². The van der Waals surface area contributed by atoms with Gasteiger partial charge in [0.05, 0.1) is 17.7 Å². The molecule has 0 radical (unpaired) electrons. The predicted octanol–water partition coefficient (Wildman–Crippen LogP) is 4.93. The van der Waals surface area contributed by atoms with Crippen molar-refractivity contribution in [2.45, 2.75) is 32.5 Å². The predicted molar refractivity (Wildman–Crippen MR) is 115 cm³/mol. The molecule has 0 aliphatic carbocycles. The van der Waals surface area contributed by atoms with Gasteiger partial charge in [0, 0.05) is 34.1 Å². The highest BCUT2D eigenvalue weighted by atomic mass is 19.4. The molecule has 5 nitrogen and oxygen atoms in total. The van der Waals surface area contributed by atoms with Crippen LogP contribution in [0.4, 0.5) is 24.5 Å². The number of aromatic nitrogens is 1. The topological polar surface area (TPSA) is 88.2 Å². The van der Waals surface area contributed by atoms with Gasteiger partial charge < -0.3 is 16.2 Å². The molecule has 0 unspecified atom stereocenters. The normalized spacial score (nSPS) is 11.9. The number of aliphatic hydroxyl groups excluding tert-OH is 1. The Hall–Kier alpha value is -3.39. The van der Waals surface area contributed by atoms with Crippen LogP contribution >= 0.6 is 0 Å². The summed E-state index contributed by atoms with van der Waals surface area (Å²) >= 11 is 0. The van der Waals surface area contributed by atoms with E-state index in [0.717, 1.165) is 24.2 Å². The minimum Gasteiger partial charge on any atom is -0.398 e. The molecule has 0 saturated heterocycles. The van der Waals surface area contributed by atoms with E-state index in [-0.39, 0.29) is 6.61 Å². The Labute approximate surface area is 177 Å². The zero-order valence-corrected chi connectivity index (χ0v) is 16.8. The quantitative estimate of drug-likeness (QED) is 0.485. The molecule has 4 N–H and O–H groups in total. The first-order valence-electron chi connectivity index (χ1n) is 9.71. The van der Waals surface area contributed by atoms with Crippen molar-refractivity contribution in [3.8, 4) is 0 Å². The maximum Gasteiger partial charge on any atom is 0.416 e. The number of nitrogens with two attached hydrogens (primary N) is 1. The number of aryl methyl sites for hydroxylation is 1. The third-order valence-electron chi connectivity index (χ3n) is 4.79. The molecule has 0 atom stereocenters. The lowest BCUT2D eigenvalue weighted by Gasteiger charge is -2.13. The maximum absolute atomic E-state index is 12.6. The van der Waals surface area contributed by atoms with E-state index in [1.165, 1.54) is 24.3 Å². The monoisotopic (exact) mass is 429 g/mol. The molecule has 0 aliphatic heterocycles. The van der Waals surface area contributed by atoms with Crippen LogP contribution in [-0.4, -0.2) is 16.0 Å². The van der Waals surface area contributed by atoms with E-state index >= 15 is 0 Å². The fourth-order valence-corrected chi connectivity index (χ4v) is 3.22. The number of fused-ring (bicyclic) bond motifs is 1. The smallest absolute Gasteiger partial charge is 0.398 e. The first-order valence-corrected chi connectivity index (χ1v) is 9.71. The number of hydrogen-bond donors (Lipinski definition) is 3. The molecule has 162 valence electrons. The minimum atomic E-state index is -4.40. The number of halogens is 3. The van der Waals surface area contributed by atoms with E-state index in [1.807, 2.05) is 6.92 Å². The molecule has 31 heavy (non-hydrogen) atoms. The summed E-state index contributed by atoms with van der Waals surface area (Å²) in [6, 6.07) is 9.60. The maximum atomic E-state index is 12.6. The van der Waals surface area contributed by atoms with Gasteiger partial charge in [-0.2, -0.15) is 13.2 Å². The van der Waals surface area contributed by atoms with Crippen LogP contribution in [0.25, 0.3) is 17.0 Å². The zero-order valence-electron chi connectivity index (χ0n) is 16.8. The number of alkyl halides is 3. The number of amides is 1. The first-order chi connectivity index (χ1) is 14.7. The van der Waals surface area contributed by atoms with Crippen LogP contribution in [0, 0.1) is 0 Å². The number of nitrogens with one attached hydrogen (secondary N) is 1. The summed E-state index contributed by atoms with van der Waals surface area (Å²) < 4.78 is 37.8. The van der Waals surface area contributed by atoms with E-state index in [9.17, 15) is 23.1 Å². The highest BCUT2D eigenvalue weighted by molar-refractivity contribution is 6.04. The number of aliphatic hydroxyl groups is 1. The molecule has 1 amide bonds. The number of rotatable bonds is 6. The van der Waals surface area contributed by atoms with Crippen LogP contribution in [-0.2, 0) is 24.0 Å². The molecule has 0 spiro atoms. The van der Waals surface area contributed by atoms with Crippen molar-refractivity contribution in [1.82, 2.24) is 4.98 Å². The summed E-state index contributed by atoms with van der Waals surface area (Å²) in [4.78, 5) is 16.8. The van der Waals surface area contributed by atoms with Gasteiger partial charge >= 0.3 is 6.18 Å². The molecule has 0 saturated carbocycles. The van der Waals surface area contributed by atoms with Crippen molar-refractivity contribution in [2.24, 2.45) is 0 Å². The minimum absolute atomic E-state index is 0.226. The third kappa shape index (κ3) is 5.21. The summed E-state index contributed by atoms with van der Waals surface area (Å²) in [5.41, 5.74) is 8.85. The Morgan fingerprint density at radius 1 is 1.19 bits per heavy atom. The van der Waals surface area contributed by atoms with Crippen molar-refractivity contribution in [1.29, 1.82) is 0 Å². The lowest BCUT2D eigenvalue weighted by Crippen LogP contribution is -2.09. The SMILES string of the molecule is CCCc1nc2ccc(NC(=O)C=Cc3ccc(C(F)(F)F)cc3)cc2c(N)c1CO. The highest BCUT2D eigenvalue weighted by Gasteiger charge is 2.29. The number of nitrogens with zero attached hydrogens (tertiary/aromatic N) is 1. The van der Waals surface area contributed by atoms with Crippen LogP contribution in [0.3, 0.4) is 0 Å². The van der Waals surface area contributed by atoms with Crippen molar-refractivity contribution < 1.29 is 23.1 Å². The molecule has 0 bridgehead atoms. The molecular formula is C23H22F3N3O2. The Balaban J connectivity index is 1.78. The second-order valence-electron chi connectivity index (χ2n) is 7.03. The van der Waals surface area contributed by atoms with Gasteiger partial charge in [-0.25, -0.2) is 0 Å². The number of pyridine rings is 1. The molecule has 0 fully saturated rings. The van der Waals surface area contributed by atoms with Crippen molar-refractivity contribution in [2.75, 3.05) is 11.1 Å². The summed E-state index contributed by atoms with van der Waals surface area (Å²) in [6.45, 7) is 1.79. The van der Waals surface area contributed by atoms with Crippen LogP contribution in [0.1, 0.15) is 35.7 Å². The fourth-order valence-electron chi connectivity index (χ4n) is 3.22. The van der Waals surface area contributed by atoms with Gasteiger partial charge in [0.25, 0.3) is 0 Å². The molecule has 1 heterocycles. The van der Waals surface area contributed by atoms with E-state index < -0.39 is 17.6 Å². The second-order valence-corrected chi connectivity index (χ2v) is 7.03. The van der Waals surface area contributed by atoms with Gasteiger partial charge in [-0.05, 0) is 48.4 Å². The Morgan fingerprint density at radius 3 is 2.52 bits per heavy atom. The van der Waals surface area contributed by atoms with Crippen LogP contribution in [0.5, 0.6) is 0 Å². The molecule has 0 aliphatic rings. The van der Waals surface area contributed by atoms with Gasteiger partial charge in [0.2, 0.25) is 5.91 Å². The Bertz CT molecular complexity index is 1120. The summed E-state index contributed by atoms with van der Waals surface area (Å²) in [6.07, 6.45) is -0.182. The molecule has 8 heteroatoms. The number of carbonyl (C=O) groups is 1. The molecule has 3 aromatic rings. The Morgan fingerprint density at radius 2 is 1.90 bits per heavy atom. The van der Waals surface area contributed by atoms with E-state index in [4.69, 9.17) is 5.73 Å². The number of benzene rings is 2. The van der Waals surface area contributed by atoms with E-state index in [2.05, 4.69) is 10.3 Å². The molecule has 1 aromatic heterocycles. The standard InChI is InChI=1S/C23H22F3N3O2/c1-2-3-19-18(13-30)22(27)17-12-16(9-10-20(17)29-19)28-21(31)11-6-14-4-7-15(8-5-14)23(24,25)26/h4-12,30H,2-3,13H2,1H3,(H2,27,29)(H,28,31). The summed E-state index contributed by atoms with van der Waals surface area (Å²) in [7, 11) is 0. The average Bonchev–Trinajstić information content (AvgIpc) is 2.73. The second kappa shape index (κ2) is 9.18. The van der Waals surface area contributed by atoms with Gasteiger partial charge in [0.1, 0.15) is 0 Å². The molecule has 3 rings (SSSR count). The fraction of sp³-hybridized carbons (Fsp3) is 0.217. The lowest BCUT2D eigenvalue weighted by atomic mass is 10.0. The van der Waals surface area contributed by atoms with Crippen molar-refractivity contribution >= 4 is 34.3 Å². The summed E-state index contributed by atoms with van der Waals surface area (Å²) in [5, 5.41) is 13.0. The number of nitrogen functional groups attached to an aromatic ring is 1. The third-order valence-corrected chi connectivity index (χ3v) is 4.79. The van der Waals surface area contributed by atoms with Gasteiger partial charge in [-0.1, -0.05) is 25.5 Å². The lowest BCUT2D eigenvalue weighted by molar-refractivity contribution is -0.137. The molecular weight excluding hydrogens is 407 g/mol. The van der Waals surface area contributed by atoms with Gasteiger partial charge in [-0.3, -0.25) is 9.78 Å². The largest absolute Gasteiger partial charge is 0.416 e. The summed E-state index contributed by atoms with van der Waals surface area (Å²) in [5.74, 6) is -0.448. The van der Waals surface area contributed by atoms with E-state index in [1.54, 1.807) is 18.2 Å². The van der Waals surface area contributed by atoms with Crippen LogP contribution in [0.15, 0.2) is 48.5 Å². The number of hydrogen-bond acceptors (Lipinski definition) is 4. The first kappa shape index (κ1) is 22.3. The van der Waals surface area contributed by atoms with Gasteiger partial charge in [0.15, 0.2) is 0 Å². The van der Waals surface area contributed by atoms with Gasteiger partial charge in [-0.15, -0.1) is 0 Å². The average molecular weight is 429 g/mol. The number of carbonyl (C=O) groups excluding carboxylic acids is 1. The number of anilines is 2. The molecule has 2 aromatic carbocycles. The zero-order chi connectivity index (χ0) is 22.6. The van der Waals surface area contributed by atoms with Crippen molar-refractivity contribution in [3.05, 3.63) is 70.9 Å². The van der Waals surface area contributed by atoms with E-state index in [0.29, 0.717) is 39.8 Å².